The van der Waals surface area contributed by atoms with E-state index in [-0.39, 0.29) is 18.1 Å². The Hall–Kier alpha value is -3.05. The third-order valence-corrected chi connectivity index (χ3v) is 7.16. The fourth-order valence-corrected chi connectivity index (χ4v) is 5.37. The summed E-state index contributed by atoms with van der Waals surface area (Å²) in [6, 6.07) is 16.1. The number of rotatable bonds is 6. The van der Waals surface area contributed by atoms with E-state index >= 15 is 0 Å². The number of nitrogens with zero attached hydrogens (tertiary/aromatic N) is 1. The Kier molecular flexibility index (Phi) is 6.46. The SMILES string of the molecule is Cc1ccc(C(NC(=O)Cc2ccc3c(c2)CCC3O)c2ccc(C)o2)c(N2CCCCC2)c1. The van der Waals surface area contributed by atoms with Gasteiger partial charge >= 0.3 is 0 Å². The number of hydrogen-bond donors (Lipinski definition) is 2. The van der Waals surface area contributed by atoms with E-state index in [1.54, 1.807) is 0 Å². The molecule has 1 aliphatic carbocycles. The summed E-state index contributed by atoms with van der Waals surface area (Å²) in [7, 11) is 0. The normalized spacial score (nSPS) is 18.6. The zero-order chi connectivity index (χ0) is 23.7. The molecule has 178 valence electrons. The second-order valence-electron chi connectivity index (χ2n) is 9.82. The Labute approximate surface area is 201 Å². The van der Waals surface area contributed by atoms with Crippen molar-refractivity contribution in [2.45, 2.75) is 64.5 Å². The smallest absolute Gasteiger partial charge is 0.225 e. The number of piperidine rings is 1. The summed E-state index contributed by atoms with van der Waals surface area (Å²) in [5.41, 5.74) is 6.60. The highest BCUT2D eigenvalue weighted by Gasteiger charge is 2.26. The second kappa shape index (κ2) is 9.67. The molecule has 1 aromatic heterocycles. The van der Waals surface area contributed by atoms with Crippen molar-refractivity contribution in [3.63, 3.8) is 0 Å². The van der Waals surface area contributed by atoms with Gasteiger partial charge in [-0.1, -0.05) is 30.3 Å². The quantitative estimate of drug-likeness (QED) is 0.525. The van der Waals surface area contributed by atoms with Crippen molar-refractivity contribution in [2.24, 2.45) is 0 Å². The molecule has 1 fully saturated rings. The lowest BCUT2D eigenvalue weighted by Gasteiger charge is -2.32. The first-order chi connectivity index (χ1) is 16.5. The Morgan fingerprint density at radius 1 is 1.09 bits per heavy atom. The lowest BCUT2D eigenvalue weighted by atomic mass is 9.97. The minimum atomic E-state index is -0.376. The van der Waals surface area contributed by atoms with Crippen molar-refractivity contribution < 1.29 is 14.3 Å². The van der Waals surface area contributed by atoms with Crippen molar-refractivity contribution in [3.8, 4) is 0 Å². The lowest BCUT2D eigenvalue weighted by Crippen LogP contribution is -2.34. The summed E-state index contributed by atoms with van der Waals surface area (Å²) in [6.45, 7) is 6.12. The van der Waals surface area contributed by atoms with Crippen LogP contribution in [0, 0.1) is 13.8 Å². The van der Waals surface area contributed by atoms with E-state index in [2.05, 4.69) is 41.4 Å². The first kappa shape index (κ1) is 22.7. The molecule has 0 bridgehead atoms. The number of furan rings is 1. The minimum Gasteiger partial charge on any atom is -0.464 e. The number of aliphatic hydroxyl groups is 1. The van der Waals surface area contributed by atoms with E-state index < -0.39 is 0 Å². The predicted octanol–water partition coefficient (Wildman–Crippen LogP) is 5.31. The van der Waals surface area contributed by atoms with Crippen LogP contribution in [0.4, 0.5) is 5.69 Å². The number of anilines is 1. The Bertz CT molecular complexity index is 1180. The van der Waals surface area contributed by atoms with Crippen LogP contribution in [0.2, 0.25) is 0 Å². The van der Waals surface area contributed by atoms with Crippen molar-refractivity contribution in [1.82, 2.24) is 5.32 Å². The van der Waals surface area contributed by atoms with E-state index in [1.165, 1.54) is 30.5 Å². The van der Waals surface area contributed by atoms with Gasteiger partial charge in [-0.25, -0.2) is 0 Å². The van der Waals surface area contributed by atoms with E-state index in [0.717, 1.165) is 59.7 Å². The van der Waals surface area contributed by atoms with Gasteiger partial charge in [0.05, 0.1) is 12.5 Å². The number of aliphatic hydroxyl groups excluding tert-OH is 1. The summed E-state index contributed by atoms with van der Waals surface area (Å²) in [6.07, 6.45) is 5.20. The fraction of sp³-hybridized carbons (Fsp3) is 0.414. The Morgan fingerprint density at radius 2 is 1.91 bits per heavy atom. The number of amides is 1. The van der Waals surface area contributed by atoms with Crippen LogP contribution in [0.3, 0.4) is 0 Å². The van der Waals surface area contributed by atoms with Crippen LogP contribution in [0.5, 0.6) is 0 Å². The molecule has 2 N–H and O–H groups in total. The van der Waals surface area contributed by atoms with E-state index in [9.17, 15) is 9.90 Å². The predicted molar refractivity (Wildman–Crippen MR) is 134 cm³/mol. The molecule has 5 nitrogen and oxygen atoms in total. The first-order valence-corrected chi connectivity index (χ1v) is 12.5. The molecule has 0 radical (unpaired) electrons. The molecule has 2 unspecified atom stereocenters. The molecule has 0 saturated carbocycles. The highest BCUT2D eigenvalue weighted by molar-refractivity contribution is 5.80. The van der Waals surface area contributed by atoms with Gasteiger partial charge in [-0.05, 0) is 86.4 Å². The van der Waals surface area contributed by atoms with Crippen LogP contribution in [-0.4, -0.2) is 24.1 Å². The molecule has 0 spiro atoms. The number of fused-ring (bicyclic) bond motifs is 1. The fourth-order valence-electron chi connectivity index (χ4n) is 5.37. The summed E-state index contributed by atoms with van der Waals surface area (Å²) in [5, 5.41) is 13.4. The monoisotopic (exact) mass is 458 g/mol. The lowest BCUT2D eigenvalue weighted by molar-refractivity contribution is -0.121. The van der Waals surface area contributed by atoms with Gasteiger partial charge in [0.25, 0.3) is 0 Å². The summed E-state index contributed by atoms with van der Waals surface area (Å²) < 4.78 is 6.04. The summed E-state index contributed by atoms with van der Waals surface area (Å²) in [4.78, 5) is 15.7. The van der Waals surface area contributed by atoms with Gasteiger partial charge in [-0.15, -0.1) is 0 Å². The number of hydrogen-bond acceptors (Lipinski definition) is 4. The highest BCUT2D eigenvalue weighted by atomic mass is 16.3. The molecule has 2 aliphatic rings. The highest BCUT2D eigenvalue weighted by Crippen LogP contribution is 2.35. The number of benzene rings is 2. The Balaban J connectivity index is 1.43. The van der Waals surface area contributed by atoms with Crippen LogP contribution in [0.15, 0.2) is 52.9 Å². The molecule has 1 amide bonds. The standard InChI is InChI=1S/C29H34N2O3/c1-19-6-10-24(25(16-19)31-14-4-3-5-15-31)29(27-13-7-20(2)34-27)30-28(33)18-21-8-11-23-22(17-21)9-12-26(23)32/h6-8,10-11,13,16-17,26,29,32H,3-5,9,12,14-15,18H2,1-2H3,(H,30,33). The Morgan fingerprint density at radius 3 is 2.68 bits per heavy atom. The van der Waals surface area contributed by atoms with Gasteiger partial charge in [0.1, 0.15) is 17.6 Å². The topological polar surface area (TPSA) is 65.7 Å². The van der Waals surface area contributed by atoms with Gasteiger partial charge in [-0.2, -0.15) is 0 Å². The number of nitrogens with one attached hydrogen (secondary N) is 1. The third kappa shape index (κ3) is 4.76. The van der Waals surface area contributed by atoms with E-state index in [0.29, 0.717) is 6.42 Å². The van der Waals surface area contributed by atoms with Gasteiger partial charge < -0.3 is 19.7 Å². The maximum Gasteiger partial charge on any atom is 0.225 e. The van der Waals surface area contributed by atoms with Crippen molar-refractivity contribution in [1.29, 1.82) is 0 Å². The first-order valence-electron chi connectivity index (χ1n) is 12.5. The summed E-state index contributed by atoms with van der Waals surface area (Å²) in [5.74, 6) is 1.55. The molecule has 2 heterocycles. The second-order valence-corrected chi connectivity index (χ2v) is 9.82. The molecule has 3 aromatic rings. The maximum absolute atomic E-state index is 13.3. The van der Waals surface area contributed by atoms with Gasteiger partial charge in [0, 0.05) is 24.3 Å². The molecule has 5 rings (SSSR count). The zero-order valence-corrected chi connectivity index (χ0v) is 20.1. The summed E-state index contributed by atoms with van der Waals surface area (Å²) >= 11 is 0. The van der Waals surface area contributed by atoms with Crippen LogP contribution in [0.1, 0.15) is 77.2 Å². The van der Waals surface area contributed by atoms with Crippen LogP contribution < -0.4 is 10.2 Å². The van der Waals surface area contributed by atoms with Gasteiger partial charge in [0.15, 0.2) is 0 Å². The van der Waals surface area contributed by atoms with Crippen LogP contribution in [0.25, 0.3) is 0 Å². The number of carbonyl (C=O) groups excluding carboxylic acids is 1. The molecule has 34 heavy (non-hydrogen) atoms. The van der Waals surface area contributed by atoms with Gasteiger partial charge in [-0.3, -0.25) is 4.79 Å². The molecule has 1 aliphatic heterocycles. The van der Waals surface area contributed by atoms with Gasteiger partial charge in [0.2, 0.25) is 5.91 Å². The van der Waals surface area contributed by atoms with Crippen molar-refractivity contribution in [2.75, 3.05) is 18.0 Å². The molecule has 1 saturated heterocycles. The van der Waals surface area contributed by atoms with Crippen LogP contribution in [-0.2, 0) is 17.6 Å². The van der Waals surface area contributed by atoms with Crippen molar-refractivity contribution in [3.05, 3.63) is 87.9 Å². The molecule has 5 heteroatoms. The molecule has 2 aromatic carbocycles. The zero-order valence-electron chi connectivity index (χ0n) is 20.1. The van der Waals surface area contributed by atoms with E-state index in [4.69, 9.17) is 4.42 Å². The average Bonchev–Trinajstić information content (AvgIpc) is 3.43. The van der Waals surface area contributed by atoms with Crippen molar-refractivity contribution >= 4 is 11.6 Å². The van der Waals surface area contributed by atoms with Crippen LogP contribution >= 0.6 is 0 Å². The molecular formula is C29H34N2O3. The largest absolute Gasteiger partial charge is 0.464 e. The number of carbonyl (C=O) groups is 1. The minimum absolute atomic E-state index is 0.0392. The van der Waals surface area contributed by atoms with E-state index in [1.807, 2.05) is 31.2 Å². The molecular weight excluding hydrogens is 424 g/mol. The third-order valence-electron chi connectivity index (χ3n) is 7.16. The maximum atomic E-state index is 13.3. The average molecular weight is 459 g/mol. The number of aryl methyl sites for hydroxylation is 3. The molecule has 2 atom stereocenters.